The van der Waals surface area contributed by atoms with E-state index in [1.807, 2.05) is 6.92 Å². The highest BCUT2D eigenvalue weighted by atomic mass is 16.5. The van der Waals surface area contributed by atoms with Crippen LogP contribution in [0.3, 0.4) is 0 Å². The molecular weight excluding hydrogens is 282 g/mol. The summed E-state index contributed by atoms with van der Waals surface area (Å²) in [6.45, 7) is 3.62. The molecule has 0 spiro atoms. The first-order chi connectivity index (χ1) is 10.6. The summed E-state index contributed by atoms with van der Waals surface area (Å²) in [5.41, 5.74) is 1.86. The lowest BCUT2D eigenvalue weighted by atomic mass is 10.2. The van der Waals surface area contributed by atoms with Gasteiger partial charge >= 0.3 is 0 Å². The highest BCUT2D eigenvalue weighted by Crippen LogP contribution is 2.22. The average molecular weight is 297 g/mol. The Morgan fingerprint density at radius 1 is 1.18 bits per heavy atom. The van der Waals surface area contributed by atoms with Crippen LogP contribution in [0.4, 0.5) is 0 Å². The predicted molar refractivity (Wildman–Crippen MR) is 79.9 cm³/mol. The van der Waals surface area contributed by atoms with Crippen LogP contribution in [0.2, 0.25) is 0 Å². The summed E-state index contributed by atoms with van der Waals surface area (Å²) in [5.74, 6) is 1.63. The second kappa shape index (κ2) is 5.48. The van der Waals surface area contributed by atoms with Gasteiger partial charge in [0.2, 0.25) is 0 Å². The first-order valence-corrected chi connectivity index (χ1v) is 6.77. The predicted octanol–water partition coefficient (Wildman–Crippen LogP) is 2.85. The van der Waals surface area contributed by atoms with Crippen LogP contribution in [0.1, 0.15) is 21.9 Å². The van der Waals surface area contributed by atoms with Crippen LogP contribution >= 0.6 is 0 Å². The number of carbonyl (C=O) groups excluding carboxylic acids is 1. The van der Waals surface area contributed by atoms with E-state index in [2.05, 4.69) is 10.1 Å². The molecule has 0 amide bonds. The molecule has 0 N–H and O–H groups in total. The van der Waals surface area contributed by atoms with Crippen molar-refractivity contribution >= 4 is 5.91 Å². The minimum Gasteiger partial charge on any atom is -0.497 e. The number of ether oxygens (including phenoxy) is 1. The Kier molecular flexibility index (Phi) is 3.50. The lowest BCUT2D eigenvalue weighted by molar-refractivity contribution is 0.0945. The van der Waals surface area contributed by atoms with Gasteiger partial charge in [-0.25, -0.2) is 9.67 Å². The molecule has 3 rings (SSSR count). The van der Waals surface area contributed by atoms with Crippen molar-refractivity contribution in [1.29, 1.82) is 0 Å². The summed E-state index contributed by atoms with van der Waals surface area (Å²) in [5, 5.41) is 4.28. The van der Waals surface area contributed by atoms with E-state index < -0.39 is 0 Å². The Morgan fingerprint density at radius 2 is 1.91 bits per heavy atom. The normalized spacial score (nSPS) is 10.7. The maximum Gasteiger partial charge on any atom is 0.278 e. The molecule has 0 unspecified atom stereocenters. The van der Waals surface area contributed by atoms with Gasteiger partial charge in [-0.05, 0) is 37.3 Å². The second-order valence-electron chi connectivity index (χ2n) is 4.83. The highest BCUT2D eigenvalue weighted by Gasteiger charge is 2.15. The fraction of sp³-hybridized carbons (Fsp3) is 0.188. The largest absolute Gasteiger partial charge is 0.497 e. The first-order valence-electron chi connectivity index (χ1n) is 6.77. The van der Waals surface area contributed by atoms with Crippen molar-refractivity contribution in [2.75, 3.05) is 7.11 Å². The number of aryl methyl sites for hydroxylation is 2. The molecule has 0 atom stereocenters. The zero-order valence-corrected chi connectivity index (χ0v) is 12.5. The van der Waals surface area contributed by atoms with Gasteiger partial charge in [-0.15, -0.1) is 0 Å². The van der Waals surface area contributed by atoms with Crippen molar-refractivity contribution in [2.45, 2.75) is 13.8 Å². The van der Waals surface area contributed by atoms with Gasteiger partial charge in [0.15, 0.2) is 11.7 Å². The van der Waals surface area contributed by atoms with Crippen LogP contribution in [-0.4, -0.2) is 27.8 Å². The number of methoxy groups -OCH3 is 1. The van der Waals surface area contributed by atoms with Crippen molar-refractivity contribution in [2.24, 2.45) is 0 Å². The number of hydrogen-bond acceptors (Lipinski definition) is 5. The maximum absolute atomic E-state index is 12.4. The van der Waals surface area contributed by atoms with Gasteiger partial charge in [-0.3, -0.25) is 4.79 Å². The molecule has 3 aromatic rings. The summed E-state index contributed by atoms with van der Waals surface area (Å²) in [6.07, 6.45) is 1.61. The second-order valence-corrected chi connectivity index (χ2v) is 4.83. The standard InChI is InChI=1S/C16H15N3O3/c1-10-15(22-11(2)17-10)14-8-9-19(18-14)16(20)12-4-6-13(21-3)7-5-12/h4-9H,1-3H3. The lowest BCUT2D eigenvalue weighted by Gasteiger charge is -2.02. The van der Waals surface area contributed by atoms with E-state index in [-0.39, 0.29) is 5.91 Å². The molecule has 112 valence electrons. The number of aromatic nitrogens is 3. The molecule has 22 heavy (non-hydrogen) atoms. The fourth-order valence-electron chi connectivity index (χ4n) is 2.19. The summed E-state index contributed by atoms with van der Waals surface area (Å²) in [6, 6.07) is 8.61. The van der Waals surface area contributed by atoms with E-state index in [0.717, 1.165) is 5.69 Å². The molecule has 0 radical (unpaired) electrons. The summed E-state index contributed by atoms with van der Waals surface area (Å²) >= 11 is 0. The smallest absolute Gasteiger partial charge is 0.278 e. The molecule has 2 heterocycles. The third kappa shape index (κ3) is 2.50. The molecule has 0 aliphatic carbocycles. The van der Waals surface area contributed by atoms with E-state index >= 15 is 0 Å². The quantitative estimate of drug-likeness (QED) is 0.743. The molecular formula is C16H15N3O3. The number of oxazole rings is 1. The third-order valence-corrected chi connectivity index (χ3v) is 3.27. The Morgan fingerprint density at radius 3 is 2.50 bits per heavy atom. The van der Waals surface area contributed by atoms with Crippen LogP contribution in [-0.2, 0) is 0 Å². The van der Waals surface area contributed by atoms with Gasteiger partial charge in [0.1, 0.15) is 11.4 Å². The van der Waals surface area contributed by atoms with Crippen LogP contribution in [0.15, 0.2) is 40.9 Å². The van der Waals surface area contributed by atoms with Gasteiger partial charge in [0, 0.05) is 18.7 Å². The lowest BCUT2D eigenvalue weighted by Crippen LogP contribution is -2.12. The third-order valence-electron chi connectivity index (χ3n) is 3.27. The van der Waals surface area contributed by atoms with Crippen molar-refractivity contribution < 1.29 is 13.9 Å². The summed E-state index contributed by atoms with van der Waals surface area (Å²) in [7, 11) is 1.58. The molecule has 0 saturated carbocycles. The van der Waals surface area contributed by atoms with Crippen LogP contribution in [0, 0.1) is 13.8 Å². The van der Waals surface area contributed by atoms with Crippen LogP contribution < -0.4 is 4.74 Å². The van der Waals surface area contributed by atoms with E-state index in [0.29, 0.717) is 28.7 Å². The van der Waals surface area contributed by atoms with E-state index in [1.54, 1.807) is 50.6 Å². The molecule has 0 aliphatic heterocycles. The van der Waals surface area contributed by atoms with E-state index in [9.17, 15) is 4.79 Å². The molecule has 0 saturated heterocycles. The van der Waals surface area contributed by atoms with Crippen molar-refractivity contribution in [3.8, 4) is 17.2 Å². The van der Waals surface area contributed by atoms with Crippen molar-refractivity contribution in [1.82, 2.24) is 14.8 Å². The Labute approximate surface area is 127 Å². The fourth-order valence-corrected chi connectivity index (χ4v) is 2.19. The Hall–Kier alpha value is -2.89. The molecule has 2 aromatic heterocycles. The molecule has 0 fully saturated rings. The minimum absolute atomic E-state index is 0.220. The molecule has 0 bridgehead atoms. The zero-order valence-electron chi connectivity index (χ0n) is 12.5. The molecule has 1 aromatic carbocycles. The van der Waals surface area contributed by atoms with Gasteiger partial charge in [-0.1, -0.05) is 0 Å². The maximum atomic E-state index is 12.4. The van der Waals surface area contributed by atoms with Gasteiger partial charge < -0.3 is 9.15 Å². The van der Waals surface area contributed by atoms with Gasteiger partial charge in [0.05, 0.1) is 12.8 Å². The van der Waals surface area contributed by atoms with Gasteiger partial charge in [0.25, 0.3) is 5.91 Å². The summed E-state index contributed by atoms with van der Waals surface area (Å²) < 4.78 is 11.9. The Balaban J connectivity index is 1.89. The first kappa shape index (κ1) is 14.1. The van der Waals surface area contributed by atoms with Crippen molar-refractivity contribution in [3.63, 3.8) is 0 Å². The zero-order chi connectivity index (χ0) is 15.7. The number of benzene rings is 1. The van der Waals surface area contributed by atoms with E-state index in [4.69, 9.17) is 9.15 Å². The van der Waals surface area contributed by atoms with Crippen LogP contribution in [0.25, 0.3) is 11.5 Å². The topological polar surface area (TPSA) is 70.2 Å². The monoisotopic (exact) mass is 297 g/mol. The highest BCUT2D eigenvalue weighted by molar-refractivity contribution is 5.95. The van der Waals surface area contributed by atoms with Gasteiger partial charge in [-0.2, -0.15) is 5.10 Å². The summed E-state index contributed by atoms with van der Waals surface area (Å²) in [4.78, 5) is 16.6. The molecule has 0 aliphatic rings. The number of carbonyl (C=O) groups is 1. The minimum atomic E-state index is -0.220. The Bertz CT molecular complexity index is 816. The average Bonchev–Trinajstić information content (AvgIpc) is 3.13. The van der Waals surface area contributed by atoms with Crippen molar-refractivity contribution in [3.05, 3.63) is 53.7 Å². The van der Waals surface area contributed by atoms with E-state index in [1.165, 1.54) is 4.68 Å². The van der Waals surface area contributed by atoms with Crippen LogP contribution in [0.5, 0.6) is 5.75 Å². The number of rotatable bonds is 3. The number of nitrogens with zero attached hydrogens (tertiary/aromatic N) is 3. The molecule has 6 nitrogen and oxygen atoms in total. The number of hydrogen-bond donors (Lipinski definition) is 0. The molecule has 6 heteroatoms. The SMILES string of the molecule is COc1ccc(C(=O)n2ccc(-c3oc(C)nc3C)n2)cc1.